The summed E-state index contributed by atoms with van der Waals surface area (Å²) in [5.41, 5.74) is 4.42. The lowest BCUT2D eigenvalue weighted by Gasteiger charge is -2.61. The number of Topliss-reactive ketones (excluding diaryl/α,β-unsaturated/α-hetero) is 1. The van der Waals surface area contributed by atoms with Crippen LogP contribution in [0.5, 0.6) is 0 Å². The highest BCUT2D eigenvalue weighted by molar-refractivity contribution is 5.90. The molecule has 3 N–H and O–H groups in total. The molecule has 8 nitrogen and oxygen atoms in total. The predicted molar refractivity (Wildman–Crippen MR) is 140 cm³/mol. The molecule has 0 heterocycles. The molecule has 4 saturated carbocycles. The van der Waals surface area contributed by atoms with Gasteiger partial charge in [-0.1, -0.05) is 26.8 Å². The van der Waals surface area contributed by atoms with E-state index in [-0.39, 0.29) is 47.2 Å². The van der Waals surface area contributed by atoms with E-state index in [1.807, 2.05) is 6.92 Å². The number of carbonyl (C=O) groups excluding carboxylic acids is 3. The Hall–Kier alpha value is -1.93. The van der Waals surface area contributed by atoms with Crippen LogP contribution in [0.2, 0.25) is 0 Å². The largest absolute Gasteiger partial charge is 0.446 e. The molecule has 4 rings (SSSR count). The van der Waals surface area contributed by atoms with Crippen LogP contribution in [0.1, 0.15) is 85.5 Å². The van der Waals surface area contributed by atoms with E-state index in [0.717, 1.165) is 38.5 Å². The van der Waals surface area contributed by atoms with Crippen LogP contribution in [-0.2, 0) is 19.0 Å². The zero-order valence-corrected chi connectivity index (χ0v) is 23.2. The van der Waals surface area contributed by atoms with Crippen molar-refractivity contribution in [1.82, 2.24) is 5.32 Å². The molecular formula is C29H46N2O6. The van der Waals surface area contributed by atoms with Gasteiger partial charge in [-0.2, -0.15) is 0 Å². The maximum Gasteiger partial charge on any atom is 0.416 e. The Balaban J connectivity index is 1.61. The van der Waals surface area contributed by atoms with Crippen molar-refractivity contribution in [3.8, 4) is 0 Å². The number of hydrogen-bond acceptors (Lipinski definition) is 7. The van der Waals surface area contributed by atoms with Gasteiger partial charge >= 0.3 is 12.2 Å². The Kier molecular flexibility index (Phi) is 7.84. The monoisotopic (exact) mass is 518 g/mol. The molecule has 0 aliphatic heterocycles. The first-order valence-electron chi connectivity index (χ1n) is 14.1. The summed E-state index contributed by atoms with van der Waals surface area (Å²) in [4.78, 5) is 39.6. The molecule has 0 radical (unpaired) electrons. The SMILES string of the molecule is C=C[C@]1(C)C[C@@H](OC(=O)NC(=O)O[C@H]2CC[C@H](N)CC2)[C@]2(C)C(C)CC[C@]3(CC[C@@H](OC)C32)[C@@H](C)C1=O. The van der Waals surface area contributed by atoms with Crippen LogP contribution in [0.3, 0.4) is 0 Å². The second-order valence-electron chi connectivity index (χ2n) is 12.7. The lowest BCUT2D eigenvalue weighted by Crippen LogP contribution is -2.63. The number of carbonyl (C=O) groups is 3. The Morgan fingerprint density at radius 3 is 2.27 bits per heavy atom. The molecular weight excluding hydrogens is 472 g/mol. The minimum Gasteiger partial charge on any atom is -0.446 e. The zero-order valence-electron chi connectivity index (χ0n) is 23.2. The molecule has 4 aliphatic rings. The topological polar surface area (TPSA) is 117 Å². The first kappa shape index (κ1) is 28.1. The summed E-state index contributed by atoms with van der Waals surface area (Å²) in [7, 11) is 1.74. The number of nitrogens with two attached hydrogens (primary N) is 1. The number of alkyl carbamates (subject to hydrolysis) is 2. The molecule has 2 unspecified atom stereocenters. The average molecular weight is 519 g/mol. The lowest BCUT2D eigenvalue weighted by molar-refractivity contribution is -0.188. The summed E-state index contributed by atoms with van der Waals surface area (Å²) in [5.74, 6) is 0.274. The van der Waals surface area contributed by atoms with E-state index in [1.54, 1.807) is 13.2 Å². The highest BCUT2D eigenvalue weighted by Crippen LogP contribution is 2.68. The summed E-state index contributed by atoms with van der Waals surface area (Å²) in [6.07, 6.45) is 6.12. The van der Waals surface area contributed by atoms with Crippen molar-refractivity contribution in [1.29, 1.82) is 0 Å². The van der Waals surface area contributed by atoms with E-state index in [9.17, 15) is 14.4 Å². The number of ketones is 1. The van der Waals surface area contributed by atoms with Crippen molar-refractivity contribution in [3.63, 3.8) is 0 Å². The van der Waals surface area contributed by atoms with Gasteiger partial charge in [0.15, 0.2) is 0 Å². The van der Waals surface area contributed by atoms with Crippen molar-refractivity contribution >= 4 is 18.0 Å². The van der Waals surface area contributed by atoms with Crippen LogP contribution in [0, 0.1) is 34.0 Å². The standard InChI is InChI=1S/C29H46N2O6/c1-7-27(4)16-22(37-26(34)31-25(33)36-20-10-8-19(30)9-11-20)28(5)17(2)12-14-29(18(3)24(27)32)15-13-21(35-6)23(28)29/h7,17-23H,1,8-16,30H2,2-6H3,(H,31,33,34)/t17?,18-,19-,20-,21+,22+,23?,27+,28-,29-/m0/s1. The van der Waals surface area contributed by atoms with Gasteiger partial charge in [-0.05, 0) is 69.6 Å². The van der Waals surface area contributed by atoms with Crippen LogP contribution in [-0.4, -0.2) is 49.4 Å². The van der Waals surface area contributed by atoms with Crippen LogP contribution in [0.4, 0.5) is 9.59 Å². The fraction of sp³-hybridized carbons (Fsp3) is 0.828. The van der Waals surface area contributed by atoms with Crippen molar-refractivity contribution < 1.29 is 28.6 Å². The highest BCUT2D eigenvalue weighted by atomic mass is 16.6. The Morgan fingerprint density at radius 1 is 1.03 bits per heavy atom. The average Bonchev–Trinajstić information content (AvgIpc) is 3.26. The number of allylic oxidation sites excluding steroid dienone is 1. The molecule has 0 saturated heterocycles. The van der Waals surface area contributed by atoms with E-state index in [1.165, 1.54) is 0 Å². The summed E-state index contributed by atoms with van der Waals surface area (Å²) in [6, 6.07) is 0.133. The van der Waals surface area contributed by atoms with Crippen molar-refractivity contribution in [2.45, 2.75) is 110 Å². The van der Waals surface area contributed by atoms with E-state index >= 15 is 0 Å². The van der Waals surface area contributed by atoms with Gasteiger partial charge in [-0.15, -0.1) is 6.58 Å². The van der Waals surface area contributed by atoms with Gasteiger partial charge in [-0.25, -0.2) is 14.9 Å². The van der Waals surface area contributed by atoms with E-state index < -0.39 is 29.1 Å². The fourth-order valence-electron chi connectivity index (χ4n) is 8.42. The number of methoxy groups -OCH3 is 1. The quantitative estimate of drug-likeness (QED) is 0.495. The number of hydrogen-bond donors (Lipinski definition) is 2. The molecule has 37 heavy (non-hydrogen) atoms. The first-order chi connectivity index (χ1) is 17.4. The maximum atomic E-state index is 14.0. The molecule has 4 fully saturated rings. The van der Waals surface area contributed by atoms with Crippen molar-refractivity contribution in [3.05, 3.63) is 12.7 Å². The van der Waals surface area contributed by atoms with Gasteiger partial charge in [0.05, 0.1) is 6.10 Å². The Bertz CT molecular complexity index is 916. The van der Waals surface area contributed by atoms with Gasteiger partial charge < -0.3 is 19.9 Å². The van der Waals surface area contributed by atoms with Crippen LogP contribution >= 0.6 is 0 Å². The lowest BCUT2D eigenvalue weighted by atomic mass is 9.44. The third-order valence-corrected chi connectivity index (χ3v) is 11.0. The third kappa shape index (κ3) is 4.73. The molecule has 0 aromatic heterocycles. The van der Waals surface area contributed by atoms with Crippen molar-refractivity contribution in [2.24, 2.45) is 39.7 Å². The minimum atomic E-state index is -0.854. The minimum absolute atomic E-state index is 0.0205. The van der Waals surface area contributed by atoms with Crippen LogP contribution in [0.15, 0.2) is 12.7 Å². The fourth-order valence-corrected chi connectivity index (χ4v) is 8.42. The molecule has 0 aromatic rings. The predicted octanol–water partition coefficient (Wildman–Crippen LogP) is 5.14. The Morgan fingerprint density at radius 2 is 1.65 bits per heavy atom. The molecule has 208 valence electrons. The maximum absolute atomic E-state index is 14.0. The number of ether oxygens (including phenoxy) is 3. The number of imide groups is 1. The number of nitrogens with one attached hydrogen (secondary N) is 1. The highest BCUT2D eigenvalue weighted by Gasteiger charge is 2.68. The van der Waals surface area contributed by atoms with E-state index in [2.05, 4.69) is 32.7 Å². The molecule has 4 aliphatic carbocycles. The van der Waals surface area contributed by atoms with E-state index in [4.69, 9.17) is 19.9 Å². The van der Waals surface area contributed by atoms with Crippen molar-refractivity contribution in [2.75, 3.05) is 7.11 Å². The van der Waals surface area contributed by atoms with E-state index in [0.29, 0.717) is 19.3 Å². The smallest absolute Gasteiger partial charge is 0.416 e. The normalized spacial score (nSPS) is 45.7. The summed E-state index contributed by atoms with van der Waals surface area (Å²) >= 11 is 0. The summed E-state index contributed by atoms with van der Waals surface area (Å²) < 4.78 is 17.6. The van der Waals surface area contributed by atoms with Crippen LogP contribution < -0.4 is 11.1 Å². The first-order valence-corrected chi connectivity index (χ1v) is 14.1. The van der Waals surface area contributed by atoms with Gasteiger partial charge in [-0.3, -0.25) is 4.79 Å². The molecule has 8 heteroatoms. The molecule has 0 aromatic carbocycles. The van der Waals surface area contributed by atoms with Gasteiger partial charge in [0.2, 0.25) is 0 Å². The zero-order chi connectivity index (χ0) is 27.2. The number of rotatable bonds is 4. The third-order valence-electron chi connectivity index (χ3n) is 11.0. The van der Waals surface area contributed by atoms with Gasteiger partial charge in [0.25, 0.3) is 0 Å². The summed E-state index contributed by atoms with van der Waals surface area (Å²) in [6.45, 7) is 12.4. The second-order valence-corrected chi connectivity index (χ2v) is 12.7. The second kappa shape index (κ2) is 10.3. The molecule has 2 amide bonds. The summed E-state index contributed by atoms with van der Waals surface area (Å²) in [5, 5.41) is 2.28. The Labute approximate surface area is 221 Å². The van der Waals surface area contributed by atoms with Gasteiger partial charge in [0, 0.05) is 42.2 Å². The number of amides is 2. The van der Waals surface area contributed by atoms with Gasteiger partial charge in [0.1, 0.15) is 18.0 Å². The molecule has 2 bridgehead atoms. The molecule has 0 spiro atoms. The van der Waals surface area contributed by atoms with Crippen LogP contribution in [0.25, 0.3) is 0 Å². The molecule has 8 atom stereocenters.